The van der Waals surface area contributed by atoms with E-state index in [1.807, 2.05) is 0 Å². The predicted molar refractivity (Wildman–Crippen MR) is 90.3 cm³/mol. The molecule has 3 heterocycles. The van der Waals surface area contributed by atoms with E-state index in [4.69, 9.17) is 0 Å². The van der Waals surface area contributed by atoms with Gasteiger partial charge in [0.1, 0.15) is 0 Å². The maximum Gasteiger partial charge on any atom is 0.228 e. The molecule has 116 valence electrons. The Bertz CT molecular complexity index is 757. The van der Waals surface area contributed by atoms with E-state index in [-0.39, 0.29) is 0 Å². The minimum absolute atomic E-state index is 0.301. The lowest BCUT2D eigenvalue weighted by Gasteiger charge is -2.40. The summed E-state index contributed by atoms with van der Waals surface area (Å²) in [5, 5.41) is 0. The van der Waals surface area contributed by atoms with E-state index in [0.717, 1.165) is 25.2 Å². The molecule has 5 rings (SSSR count). The van der Waals surface area contributed by atoms with Gasteiger partial charge in [0.25, 0.3) is 0 Å². The van der Waals surface area contributed by atoms with Crippen LogP contribution in [0.3, 0.4) is 0 Å². The SMILES string of the molecule is O=C1C[C@H]2[C@@H]3[C@@H](CCN2Cc2ccccc2)c2ccccc2N13. The highest BCUT2D eigenvalue weighted by Crippen LogP contribution is 2.51. The van der Waals surface area contributed by atoms with Gasteiger partial charge in [0.15, 0.2) is 0 Å². The third kappa shape index (κ3) is 1.89. The third-order valence-corrected chi connectivity index (χ3v) is 5.78. The number of anilines is 1. The van der Waals surface area contributed by atoms with Crippen molar-refractivity contribution in [3.8, 4) is 0 Å². The molecule has 3 atom stereocenters. The van der Waals surface area contributed by atoms with E-state index >= 15 is 0 Å². The van der Waals surface area contributed by atoms with Gasteiger partial charge in [-0.1, -0.05) is 48.5 Å². The minimum Gasteiger partial charge on any atom is -0.307 e. The molecule has 2 aromatic rings. The summed E-state index contributed by atoms with van der Waals surface area (Å²) in [7, 11) is 0. The second-order valence-electron chi connectivity index (χ2n) is 6.94. The van der Waals surface area contributed by atoms with Gasteiger partial charge >= 0.3 is 0 Å². The molecule has 0 unspecified atom stereocenters. The predicted octanol–water partition coefficient (Wildman–Crippen LogP) is 3.16. The number of carbonyl (C=O) groups is 1. The minimum atomic E-state index is 0.301. The van der Waals surface area contributed by atoms with E-state index in [9.17, 15) is 4.79 Å². The molecule has 2 saturated heterocycles. The zero-order valence-electron chi connectivity index (χ0n) is 13.1. The molecule has 2 fully saturated rings. The van der Waals surface area contributed by atoms with E-state index in [0.29, 0.717) is 30.3 Å². The summed E-state index contributed by atoms with van der Waals surface area (Å²) >= 11 is 0. The highest BCUT2D eigenvalue weighted by Gasteiger charge is 2.54. The van der Waals surface area contributed by atoms with Crippen molar-refractivity contribution in [3.05, 3.63) is 65.7 Å². The van der Waals surface area contributed by atoms with Crippen molar-refractivity contribution in [2.75, 3.05) is 11.4 Å². The highest BCUT2D eigenvalue weighted by atomic mass is 16.2. The topological polar surface area (TPSA) is 23.6 Å². The van der Waals surface area contributed by atoms with Gasteiger partial charge in [-0.3, -0.25) is 9.69 Å². The molecular weight excluding hydrogens is 284 g/mol. The number of nitrogens with zero attached hydrogens (tertiary/aromatic N) is 2. The number of para-hydroxylation sites is 1. The number of fused-ring (bicyclic) bond motifs is 3. The van der Waals surface area contributed by atoms with Gasteiger partial charge in [-0.25, -0.2) is 0 Å². The Kier molecular flexibility index (Phi) is 2.86. The second kappa shape index (κ2) is 4.93. The molecule has 2 aromatic carbocycles. The molecule has 0 saturated carbocycles. The molecule has 23 heavy (non-hydrogen) atoms. The van der Waals surface area contributed by atoms with Crippen LogP contribution in [0.1, 0.15) is 29.9 Å². The van der Waals surface area contributed by atoms with Crippen LogP contribution in [-0.2, 0) is 11.3 Å². The van der Waals surface area contributed by atoms with Crippen LogP contribution in [-0.4, -0.2) is 29.4 Å². The summed E-state index contributed by atoms with van der Waals surface area (Å²) in [5.41, 5.74) is 3.89. The maximum absolute atomic E-state index is 12.7. The Morgan fingerprint density at radius 1 is 1.00 bits per heavy atom. The van der Waals surface area contributed by atoms with Crippen molar-refractivity contribution in [3.63, 3.8) is 0 Å². The Morgan fingerprint density at radius 2 is 1.78 bits per heavy atom. The van der Waals surface area contributed by atoms with Crippen molar-refractivity contribution in [2.24, 2.45) is 0 Å². The van der Waals surface area contributed by atoms with E-state index in [2.05, 4.69) is 64.4 Å². The van der Waals surface area contributed by atoms with Crippen LogP contribution in [0.15, 0.2) is 54.6 Å². The zero-order valence-corrected chi connectivity index (χ0v) is 13.1. The Balaban J connectivity index is 1.49. The lowest BCUT2D eigenvalue weighted by Crippen LogP contribution is -2.50. The largest absolute Gasteiger partial charge is 0.307 e. The molecular formula is C20H20N2O. The van der Waals surface area contributed by atoms with Gasteiger partial charge in [-0.2, -0.15) is 0 Å². The number of likely N-dealkylation sites (tertiary alicyclic amines) is 1. The van der Waals surface area contributed by atoms with Crippen LogP contribution in [0.5, 0.6) is 0 Å². The average Bonchev–Trinajstić information content (AvgIpc) is 3.10. The molecule has 0 aliphatic carbocycles. The molecule has 0 aromatic heterocycles. The van der Waals surface area contributed by atoms with Gasteiger partial charge in [-0.05, 0) is 30.2 Å². The average molecular weight is 304 g/mol. The monoisotopic (exact) mass is 304 g/mol. The molecule has 3 aliphatic rings. The van der Waals surface area contributed by atoms with Crippen LogP contribution in [0.4, 0.5) is 5.69 Å². The van der Waals surface area contributed by atoms with Gasteiger partial charge in [0.2, 0.25) is 5.91 Å². The Morgan fingerprint density at radius 3 is 2.65 bits per heavy atom. The molecule has 0 radical (unpaired) electrons. The van der Waals surface area contributed by atoms with Crippen molar-refractivity contribution in [1.29, 1.82) is 0 Å². The van der Waals surface area contributed by atoms with Crippen molar-refractivity contribution >= 4 is 11.6 Å². The van der Waals surface area contributed by atoms with Crippen LogP contribution in [0.25, 0.3) is 0 Å². The van der Waals surface area contributed by atoms with Crippen LogP contribution in [0, 0.1) is 0 Å². The first-order valence-corrected chi connectivity index (χ1v) is 8.52. The molecule has 0 N–H and O–H groups in total. The van der Waals surface area contributed by atoms with Gasteiger partial charge in [0.05, 0.1) is 6.04 Å². The molecule has 0 spiro atoms. The highest BCUT2D eigenvalue weighted by molar-refractivity contribution is 6.00. The summed E-state index contributed by atoms with van der Waals surface area (Å²) in [6.45, 7) is 2.03. The number of benzene rings is 2. The second-order valence-corrected chi connectivity index (χ2v) is 6.94. The number of hydrogen-bond donors (Lipinski definition) is 0. The normalized spacial score (nSPS) is 28.8. The summed E-state index contributed by atoms with van der Waals surface area (Å²) < 4.78 is 0. The first kappa shape index (κ1) is 13.3. The van der Waals surface area contributed by atoms with Gasteiger partial charge in [-0.15, -0.1) is 0 Å². The Hall–Kier alpha value is -2.13. The van der Waals surface area contributed by atoms with Gasteiger partial charge < -0.3 is 4.90 Å². The molecule has 3 heteroatoms. The number of carbonyl (C=O) groups excluding carboxylic acids is 1. The number of rotatable bonds is 2. The van der Waals surface area contributed by atoms with Crippen molar-refractivity contribution in [1.82, 2.24) is 4.90 Å². The number of hydrogen-bond acceptors (Lipinski definition) is 2. The summed E-state index contributed by atoms with van der Waals surface area (Å²) in [4.78, 5) is 17.3. The lowest BCUT2D eigenvalue weighted by atomic mass is 9.83. The summed E-state index contributed by atoms with van der Waals surface area (Å²) in [6.07, 6.45) is 1.82. The van der Waals surface area contributed by atoms with E-state index in [1.54, 1.807) is 0 Å². The number of amides is 1. The molecule has 3 nitrogen and oxygen atoms in total. The molecule has 1 amide bonds. The van der Waals surface area contributed by atoms with Crippen LogP contribution < -0.4 is 4.90 Å². The Labute approximate surface area is 136 Å². The number of piperidine rings is 1. The van der Waals surface area contributed by atoms with E-state index in [1.165, 1.54) is 11.1 Å². The fraction of sp³-hybridized carbons (Fsp3) is 0.350. The van der Waals surface area contributed by atoms with Gasteiger partial charge in [0, 0.05) is 30.6 Å². The summed E-state index contributed by atoms with van der Waals surface area (Å²) in [5.74, 6) is 0.824. The summed E-state index contributed by atoms with van der Waals surface area (Å²) in [6, 6.07) is 19.8. The zero-order chi connectivity index (χ0) is 15.4. The standard InChI is InChI=1S/C20H20N2O/c23-19-12-18-20-16(15-8-4-5-9-17(15)22(19)20)10-11-21(18)13-14-6-2-1-3-7-14/h1-9,16,18,20H,10-13H2/t16-,18-,20-/m0/s1. The first-order valence-electron chi connectivity index (χ1n) is 8.52. The fourth-order valence-electron chi connectivity index (χ4n) is 4.84. The van der Waals surface area contributed by atoms with E-state index < -0.39 is 0 Å². The smallest absolute Gasteiger partial charge is 0.228 e. The maximum atomic E-state index is 12.7. The van der Waals surface area contributed by atoms with Crippen LogP contribution >= 0.6 is 0 Å². The van der Waals surface area contributed by atoms with Crippen LogP contribution in [0.2, 0.25) is 0 Å². The van der Waals surface area contributed by atoms with Crippen molar-refractivity contribution < 1.29 is 4.79 Å². The lowest BCUT2D eigenvalue weighted by molar-refractivity contribution is -0.117. The first-order chi connectivity index (χ1) is 11.3. The quantitative estimate of drug-likeness (QED) is 0.851. The third-order valence-electron chi connectivity index (χ3n) is 5.78. The molecule has 3 aliphatic heterocycles. The fourth-order valence-corrected chi connectivity index (χ4v) is 4.84. The molecule has 0 bridgehead atoms. The van der Waals surface area contributed by atoms with Crippen molar-refractivity contribution in [2.45, 2.75) is 37.4 Å².